The molecule has 40 heavy (non-hydrogen) atoms. The molecular formula is C32H38N4O4. The number of aryl methyl sites for hydroxylation is 1. The highest BCUT2D eigenvalue weighted by Crippen LogP contribution is 2.35. The number of hydrogen-bond acceptors (Lipinski definition) is 4. The molecule has 3 heterocycles. The van der Waals surface area contributed by atoms with Crippen molar-refractivity contribution in [1.82, 2.24) is 15.6 Å². The fourth-order valence-electron chi connectivity index (χ4n) is 5.35. The molecule has 1 fully saturated rings. The number of hydrogen-bond donors (Lipinski definition) is 4. The molecule has 3 amide bonds. The normalized spacial score (nSPS) is 18.4. The highest BCUT2D eigenvalue weighted by Gasteiger charge is 2.28. The maximum Gasteiger partial charge on any atom is 0.256 e. The molecule has 4 N–H and O–H groups in total. The van der Waals surface area contributed by atoms with Crippen molar-refractivity contribution in [2.45, 2.75) is 66.2 Å². The van der Waals surface area contributed by atoms with Gasteiger partial charge in [-0.1, -0.05) is 37.8 Å². The van der Waals surface area contributed by atoms with E-state index in [1.165, 1.54) is 0 Å². The second-order valence-corrected chi connectivity index (χ2v) is 10.4. The van der Waals surface area contributed by atoms with Gasteiger partial charge in [0.15, 0.2) is 0 Å². The quantitative estimate of drug-likeness (QED) is 0.293. The minimum atomic E-state index is -0.259. The first-order valence-corrected chi connectivity index (χ1v) is 13.4. The van der Waals surface area contributed by atoms with Crippen LogP contribution >= 0.6 is 0 Å². The van der Waals surface area contributed by atoms with Crippen molar-refractivity contribution < 1.29 is 19.1 Å². The highest BCUT2D eigenvalue weighted by molar-refractivity contribution is 6.35. The van der Waals surface area contributed by atoms with Crippen LogP contribution in [0, 0.1) is 13.8 Å². The van der Waals surface area contributed by atoms with E-state index in [0.29, 0.717) is 33.6 Å². The summed E-state index contributed by atoms with van der Waals surface area (Å²) in [5, 5.41) is 8.97. The summed E-state index contributed by atoms with van der Waals surface area (Å²) in [7, 11) is 0. The van der Waals surface area contributed by atoms with Crippen LogP contribution in [0.15, 0.2) is 48.5 Å². The van der Waals surface area contributed by atoms with Gasteiger partial charge >= 0.3 is 0 Å². The van der Waals surface area contributed by atoms with Gasteiger partial charge in [-0.05, 0) is 75.9 Å². The second-order valence-electron chi connectivity index (χ2n) is 10.4. The van der Waals surface area contributed by atoms with Crippen LogP contribution in [-0.4, -0.2) is 41.5 Å². The Hall–Kier alpha value is -4.17. The molecular weight excluding hydrogens is 504 g/mol. The van der Waals surface area contributed by atoms with Gasteiger partial charge in [-0.25, -0.2) is 0 Å². The zero-order chi connectivity index (χ0) is 27.7. The molecule has 0 radical (unpaired) electrons. The molecule has 0 bridgehead atoms. The molecule has 5 rings (SSSR count). The van der Waals surface area contributed by atoms with E-state index in [4.69, 9.17) is 4.74 Å². The zero-order valence-electron chi connectivity index (χ0n) is 22.7. The number of ether oxygens (including phenoxy) is 1. The molecule has 1 saturated heterocycles. The molecule has 3 aromatic rings. The topological polar surface area (TPSA) is 112 Å². The van der Waals surface area contributed by atoms with Crippen LogP contribution in [-0.2, 0) is 9.53 Å². The lowest BCUT2D eigenvalue weighted by Crippen LogP contribution is -2.41. The van der Waals surface area contributed by atoms with Gasteiger partial charge in [-0.2, -0.15) is 0 Å². The monoisotopic (exact) mass is 542 g/mol. The molecule has 2 aliphatic heterocycles. The minimum absolute atomic E-state index is 0. The van der Waals surface area contributed by atoms with Gasteiger partial charge in [0.1, 0.15) is 0 Å². The maximum atomic E-state index is 13.1. The number of H-pyrrole nitrogens is 1. The van der Waals surface area contributed by atoms with Gasteiger partial charge in [0.05, 0.1) is 29.3 Å². The van der Waals surface area contributed by atoms with Crippen LogP contribution in [0.3, 0.4) is 0 Å². The van der Waals surface area contributed by atoms with E-state index < -0.39 is 0 Å². The van der Waals surface area contributed by atoms with Crippen molar-refractivity contribution in [1.29, 1.82) is 0 Å². The Morgan fingerprint density at radius 1 is 1.05 bits per heavy atom. The average molecular weight is 543 g/mol. The van der Waals surface area contributed by atoms with Crippen LogP contribution in [0.25, 0.3) is 11.6 Å². The molecule has 2 aliphatic rings. The van der Waals surface area contributed by atoms with Gasteiger partial charge in [0.25, 0.3) is 17.7 Å². The Kier molecular flexibility index (Phi) is 8.59. The van der Waals surface area contributed by atoms with Gasteiger partial charge < -0.3 is 25.7 Å². The average Bonchev–Trinajstić information content (AvgIpc) is 3.63. The van der Waals surface area contributed by atoms with Crippen LogP contribution in [0.5, 0.6) is 0 Å². The smallest absolute Gasteiger partial charge is 0.256 e. The van der Waals surface area contributed by atoms with E-state index in [-0.39, 0.29) is 43.3 Å². The number of aromatic nitrogens is 1. The fourth-order valence-corrected chi connectivity index (χ4v) is 5.35. The third-order valence-corrected chi connectivity index (χ3v) is 7.59. The Morgan fingerprint density at radius 2 is 1.80 bits per heavy atom. The SMILES string of the molecule is C.Cc1[nH]c(/C=C2\C(=O)Nc3ccc(C(=O)NC(C)c4ccccc4)cc32)c(C)c1C(=O)NC(C)C1CCCO1. The van der Waals surface area contributed by atoms with Crippen LogP contribution < -0.4 is 16.0 Å². The molecule has 210 valence electrons. The lowest BCUT2D eigenvalue weighted by atomic mass is 10.0. The van der Waals surface area contributed by atoms with Crippen LogP contribution in [0.2, 0.25) is 0 Å². The lowest BCUT2D eigenvalue weighted by Gasteiger charge is -2.20. The van der Waals surface area contributed by atoms with E-state index in [9.17, 15) is 14.4 Å². The fraction of sp³-hybridized carbons (Fsp3) is 0.344. The Labute approximate surface area is 235 Å². The summed E-state index contributed by atoms with van der Waals surface area (Å²) < 4.78 is 5.72. The predicted octanol–water partition coefficient (Wildman–Crippen LogP) is 5.55. The Bertz CT molecular complexity index is 1450. The molecule has 8 nitrogen and oxygen atoms in total. The number of carbonyl (C=O) groups excluding carboxylic acids is 3. The number of nitrogens with one attached hydrogen (secondary N) is 4. The van der Waals surface area contributed by atoms with Crippen molar-refractivity contribution in [2.75, 3.05) is 11.9 Å². The van der Waals surface area contributed by atoms with Gasteiger partial charge in [-0.15, -0.1) is 0 Å². The molecule has 1 aromatic heterocycles. The van der Waals surface area contributed by atoms with Crippen molar-refractivity contribution in [3.63, 3.8) is 0 Å². The summed E-state index contributed by atoms with van der Waals surface area (Å²) >= 11 is 0. The second kappa shape index (κ2) is 11.9. The summed E-state index contributed by atoms with van der Waals surface area (Å²) in [5.74, 6) is -0.652. The Balaban J connectivity index is 0.00000370. The summed E-state index contributed by atoms with van der Waals surface area (Å²) in [6.07, 6.45) is 3.71. The van der Waals surface area contributed by atoms with Gasteiger partial charge in [-0.3, -0.25) is 14.4 Å². The van der Waals surface area contributed by atoms with Crippen molar-refractivity contribution in [3.05, 3.63) is 87.7 Å². The van der Waals surface area contributed by atoms with E-state index in [1.807, 2.05) is 58.0 Å². The third kappa shape index (κ3) is 5.72. The van der Waals surface area contributed by atoms with E-state index >= 15 is 0 Å². The molecule has 8 heteroatoms. The zero-order valence-corrected chi connectivity index (χ0v) is 22.7. The summed E-state index contributed by atoms with van der Waals surface area (Å²) in [6.45, 7) is 8.33. The van der Waals surface area contributed by atoms with E-state index in [2.05, 4.69) is 20.9 Å². The van der Waals surface area contributed by atoms with Crippen LogP contribution in [0.1, 0.15) is 89.0 Å². The minimum Gasteiger partial charge on any atom is -0.376 e. The molecule has 0 aliphatic carbocycles. The highest BCUT2D eigenvalue weighted by atomic mass is 16.5. The number of anilines is 1. The van der Waals surface area contributed by atoms with E-state index in [0.717, 1.165) is 36.3 Å². The first-order chi connectivity index (χ1) is 18.7. The number of rotatable bonds is 7. The van der Waals surface area contributed by atoms with E-state index in [1.54, 1.807) is 24.3 Å². The molecule has 3 atom stereocenters. The summed E-state index contributed by atoms with van der Waals surface area (Å²) in [6, 6.07) is 14.7. The first-order valence-electron chi connectivity index (χ1n) is 13.4. The standard InChI is InChI=1S/C31H34N4O4.CH4/c1-17-26(32-20(4)28(17)31(38)34-19(3)27-11-8-14-39-27)16-24-23-15-22(12-13-25(23)35-30(24)37)29(36)33-18(2)21-9-6-5-7-10-21;/h5-7,9-10,12-13,15-16,18-19,27,32H,8,11,14H2,1-4H3,(H,33,36)(H,34,38)(H,35,37);1H4/b24-16-;. The van der Waals surface area contributed by atoms with Crippen molar-refractivity contribution in [2.24, 2.45) is 0 Å². The molecule has 0 spiro atoms. The number of carbonyl (C=O) groups is 3. The third-order valence-electron chi connectivity index (χ3n) is 7.59. The summed E-state index contributed by atoms with van der Waals surface area (Å²) in [4.78, 5) is 42.4. The Morgan fingerprint density at radius 3 is 2.50 bits per heavy atom. The number of aromatic amines is 1. The van der Waals surface area contributed by atoms with Gasteiger partial charge in [0.2, 0.25) is 0 Å². The molecule has 2 aromatic carbocycles. The van der Waals surface area contributed by atoms with Crippen LogP contribution in [0.4, 0.5) is 5.69 Å². The number of fused-ring (bicyclic) bond motifs is 1. The summed E-state index contributed by atoms with van der Waals surface area (Å²) in [5.41, 5.74) is 5.89. The maximum absolute atomic E-state index is 13.1. The molecule has 0 saturated carbocycles. The van der Waals surface area contributed by atoms with Gasteiger partial charge in [0, 0.05) is 34.8 Å². The lowest BCUT2D eigenvalue weighted by molar-refractivity contribution is -0.110. The predicted molar refractivity (Wildman–Crippen MR) is 158 cm³/mol. The number of amides is 3. The first kappa shape index (κ1) is 28.8. The number of benzene rings is 2. The van der Waals surface area contributed by atoms with Crippen molar-refractivity contribution in [3.8, 4) is 0 Å². The van der Waals surface area contributed by atoms with Crippen molar-refractivity contribution >= 4 is 35.1 Å². The molecule has 3 unspecified atom stereocenters. The largest absolute Gasteiger partial charge is 0.376 e.